The Morgan fingerprint density at radius 3 is 2.72 bits per heavy atom. The quantitative estimate of drug-likeness (QED) is 0.646. The molecule has 0 bridgehead atoms. The van der Waals surface area contributed by atoms with Crippen molar-refractivity contribution >= 4 is 28.2 Å². The molecule has 3 aromatic rings. The van der Waals surface area contributed by atoms with Gasteiger partial charge in [-0.1, -0.05) is 0 Å². The molecule has 0 spiro atoms. The van der Waals surface area contributed by atoms with Crippen molar-refractivity contribution in [2.24, 2.45) is 0 Å². The van der Waals surface area contributed by atoms with E-state index in [1.807, 2.05) is 36.2 Å². The molecular formula is C19H20FN3O2. The molecule has 0 fully saturated rings. The molecule has 6 heteroatoms. The maximum atomic E-state index is 13.4. The Labute approximate surface area is 145 Å². The summed E-state index contributed by atoms with van der Waals surface area (Å²) in [6.07, 6.45) is 1.90. The van der Waals surface area contributed by atoms with Crippen LogP contribution in [0.15, 0.2) is 48.7 Å². The molecule has 0 aliphatic rings. The van der Waals surface area contributed by atoms with Gasteiger partial charge in [-0.15, -0.1) is 0 Å². The molecule has 25 heavy (non-hydrogen) atoms. The minimum Gasteiger partial charge on any atom is -0.395 e. The molecule has 3 N–H and O–H groups in total. The van der Waals surface area contributed by atoms with E-state index in [9.17, 15) is 9.18 Å². The number of aromatic nitrogens is 1. The van der Waals surface area contributed by atoms with Crippen molar-refractivity contribution in [1.29, 1.82) is 0 Å². The highest BCUT2D eigenvalue weighted by atomic mass is 19.1. The number of nitrogens with one attached hydrogen (secondary N) is 2. The molecular weight excluding hydrogens is 321 g/mol. The Hall–Kier alpha value is -2.86. The zero-order valence-electron chi connectivity index (χ0n) is 13.9. The van der Waals surface area contributed by atoms with Crippen LogP contribution in [-0.4, -0.2) is 36.2 Å². The van der Waals surface area contributed by atoms with Crippen LogP contribution in [0.3, 0.4) is 0 Å². The number of aliphatic hydroxyl groups is 1. The van der Waals surface area contributed by atoms with Gasteiger partial charge < -0.3 is 20.3 Å². The molecule has 0 atom stereocenters. The van der Waals surface area contributed by atoms with Crippen LogP contribution in [0, 0.1) is 5.82 Å². The Kier molecular flexibility index (Phi) is 5.00. The highest BCUT2D eigenvalue weighted by Crippen LogP contribution is 2.21. The zero-order valence-corrected chi connectivity index (χ0v) is 13.9. The third-order valence-electron chi connectivity index (χ3n) is 4.11. The van der Waals surface area contributed by atoms with Crippen molar-refractivity contribution in [1.82, 2.24) is 4.98 Å². The van der Waals surface area contributed by atoms with Crippen LogP contribution in [-0.2, 0) is 11.2 Å². The van der Waals surface area contributed by atoms with E-state index in [0.717, 1.165) is 22.2 Å². The second kappa shape index (κ2) is 7.36. The largest absolute Gasteiger partial charge is 0.395 e. The van der Waals surface area contributed by atoms with Gasteiger partial charge in [0.25, 0.3) is 0 Å². The molecule has 1 aromatic heterocycles. The number of likely N-dealkylation sites (N-methyl/N-ethyl adjacent to an activating group) is 1. The number of hydrogen-bond acceptors (Lipinski definition) is 3. The normalized spacial score (nSPS) is 10.8. The Morgan fingerprint density at radius 1 is 1.24 bits per heavy atom. The minimum atomic E-state index is -0.323. The SMILES string of the molecule is CN(CCO)c1ccc(NC(=O)Cc2c[nH]c3ccc(F)cc23)cc1. The van der Waals surface area contributed by atoms with Crippen molar-refractivity contribution in [3.8, 4) is 0 Å². The van der Waals surface area contributed by atoms with Gasteiger partial charge >= 0.3 is 0 Å². The number of hydrogen-bond donors (Lipinski definition) is 3. The fourth-order valence-corrected chi connectivity index (χ4v) is 2.75. The van der Waals surface area contributed by atoms with Crippen LogP contribution in [0.5, 0.6) is 0 Å². The number of aliphatic hydroxyl groups excluding tert-OH is 1. The lowest BCUT2D eigenvalue weighted by Crippen LogP contribution is -2.21. The highest BCUT2D eigenvalue weighted by Gasteiger charge is 2.10. The van der Waals surface area contributed by atoms with E-state index in [1.54, 1.807) is 12.3 Å². The standard InChI is InChI=1S/C19H20FN3O2/c1-23(8-9-24)16-5-3-15(4-6-16)22-19(25)10-13-12-21-18-7-2-14(20)11-17(13)18/h2-7,11-12,21,24H,8-10H2,1H3,(H,22,25). The van der Waals surface area contributed by atoms with Crippen LogP contribution in [0.25, 0.3) is 10.9 Å². The number of carbonyl (C=O) groups excluding carboxylic acids is 1. The fourth-order valence-electron chi connectivity index (χ4n) is 2.75. The van der Waals surface area contributed by atoms with Gasteiger partial charge in [-0.25, -0.2) is 4.39 Å². The lowest BCUT2D eigenvalue weighted by molar-refractivity contribution is -0.115. The molecule has 2 aromatic carbocycles. The van der Waals surface area contributed by atoms with E-state index in [2.05, 4.69) is 10.3 Å². The third kappa shape index (κ3) is 3.97. The summed E-state index contributed by atoms with van der Waals surface area (Å²) in [7, 11) is 1.89. The second-order valence-electron chi connectivity index (χ2n) is 5.92. The molecule has 1 heterocycles. The van der Waals surface area contributed by atoms with Crippen LogP contribution >= 0.6 is 0 Å². The summed E-state index contributed by atoms with van der Waals surface area (Å²) in [6, 6.07) is 11.9. The summed E-state index contributed by atoms with van der Waals surface area (Å²) in [5.74, 6) is -0.488. The summed E-state index contributed by atoms with van der Waals surface area (Å²) in [6.45, 7) is 0.628. The Bertz CT molecular complexity index is 874. The molecule has 1 amide bonds. The Morgan fingerprint density at radius 2 is 2.00 bits per heavy atom. The zero-order chi connectivity index (χ0) is 17.8. The second-order valence-corrected chi connectivity index (χ2v) is 5.92. The van der Waals surface area contributed by atoms with Gasteiger partial charge in [0, 0.05) is 42.1 Å². The molecule has 0 radical (unpaired) electrons. The first-order valence-corrected chi connectivity index (χ1v) is 8.04. The molecule has 0 aliphatic carbocycles. The number of aromatic amines is 1. The molecule has 0 aliphatic heterocycles. The van der Waals surface area contributed by atoms with Gasteiger partial charge in [-0.2, -0.15) is 0 Å². The molecule has 3 rings (SSSR count). The molecule has 0 saturated carbocycles. The minimum absolute atomic E-state index is 0.0835. The van der Waals surface area contributed by atoms with Gasteiger partial charge in [0.15, 0.2) is 0 Å². The number of H-pyrrole nitrogens is 1. The van der Waals surface area contributed by atoms with Crippen LogP contribution < -0.4 is 10.2 Å². The fraction of sp³-hybridized carbons (Fsp3) is 0.211. The summed E-state index contributed by atoms with van der Waals surface area (Å²) >= 11 is 0. The number of halogens is 1. The lowest BCUT2D eigenvalue weighted by Gasteiger charge is -2.18. The third-order valence-corrected chi connectivity index (χ3v) is 4.11. The molecule has 5 nitrogen and oxygen atoms in total. The molecule has 130 valence electrons. The number of fused-ring (bicyclic) bond motifs is 1. The van der Waals surface area contributed by atoms with Crippen molar-refractivity contribution in [2.75, 3.05) is 30.4 Å². The maximum absolute atomic E-state index is 13.4. The van der Waals surface area contributed by atoms with Crippen molar-refractivity contribution in [3.63, 3.8) is 0 Å². The summed E-state index contributed by atoms with van der Waals surface area (Å²) < 4.78 is 13.4. The van der Waals surface area contributed by atoms with Gasteiger partial charge in [0.05, 0.1) is 13.0 Å². The number of rotatable bonds is 6. The van der Waals surface area contributed by atoms with Crippen molar-refractivity contribution in [2.45, 2.75) is 6.42 Å². The van der Waals surface area contributed by atoms with Crippen molar-refractivity contribution < 1.29 is 14.3 Å². The van der Waals surface area contributed by atoms with E-state index in [-0.39, 0.29) is 24.8 Å². The first-order valence-electron chi connectivity index (χ1n) is 8.04. The smallest absolute Gasteiger partial charge is 0.228 e. The predicted molar refractivity (Wildman–Crippen MR) is 97.4 cm³/mol. The summed E-state index contributed by atoms with van der Waals surface area (Å²) in [5.41, 5.74) is 3.21. The molecule has 0 saturated heterocycles. The first-order chi connectivity index (χ1) is 12.1. The average molecular weight is 341 g/mol. The molecule has 0 unspecified atom stereocenters. The number of benzene rings is 2. The van der Waals surface area contributed by atoms with E-state index in [0.29, 0.717) is 12.2 Å². The van der Waals surface area contributed by atoms with Gasteiger partial charge in [0.1, 0.15) is 5.82 Å². The van der Waals surface area contributed by atoms with Crippen LogP contribution in [0.1, 0.15) is 5.56 Å². The van der Waals surface area contributed by atoms with Gasteiger partial charge in [0.2, 0.25) is 5.91 Å². The number of anilines is 2. The lowest BCUT2D eigenvalue weighted by atomic mass is 10.1. The topological polar surface area (TPSA) is 68.4 Å². The number of carbonyl (C=O) groups is 1. The van der Waals surface area contributed by atoms with Gasteiger partial charge in [-0.3, -0.25) is 4.79 Å². The maximum Gasteiger partial charge on any atom is 0.228 e. The van der Waals surface area contributed by atoms with E-state index >= 15 is 0 Å². The van der Waals surface area contributed by atoms with E-state index in [1.165, 1.54) is 12.1 Å². The average Bonchev–Trinajstić information content (AvgIpc) is 2.97. The summed E-state index contributed by atoms with van der Waals surface area (Å²) in [4.78, 5) is 17.2. The van der Waals surface area contributed by atoms with Crippen LogP contribution in [0.4, 0.5) is 15.8 Å². The monoisotopic (exact) mass is 341 g/mol. The van der Waals surface area contributed by atoms with Crippen molar-refractivity contribution in [3.05, 3.63) is 60.0 Å². The van der Waals surface area contributed by atoms with Crippen LogP contribution in [0.2, 0.25) is 0 Å². The summed E-state index contributed by atoms with van der Waals surface area (Å²) in [5, 5.41) is 12.5. The van der Waals surface area contributed by atoms with Gasteiger partial charge in [-0.05, 0) is 48.0 Å². The number of nitrogens with zero attached hydrogens (tertiary/aromatic N) is 1. The van der Waals surface area contributed by atoms with E-state index < -0.39 is 0 Å². The number of amides is 1. The van der Waals surface area contributed by atoms with E-state index in [4.69, 9.17) is 5.11 Å². The first kappa shape index (κ1) is 17.0. The highest BCUT2D eigenvalue weighted by molar-refractivity contribution is 5.95. The Balaban J connectivity index is 1.66. The predicted octanol–water partition coefficient (Wildman–Crippen LogP) is 2.92.